The number of benzene rings is 3. The minimum absolute atomic E-state index is 0.00932. The smallest absolute Gasteiger partial charge is 0.338 e. The Hall–Kier alpha value is -5.13. The maximum Gasteiger partial charge on any atom is 0.338 e. The lowest BCUT2D eigenvalue weighted by atomic mass is 10.2. The molecule has 0 saturated carbocycles. The van der Waals surface area contributed by atoms with Crippen LogP contribution >= 0.6 is 0 Å². The molecule has 1 atom stereocenters. The van der Waals surface area contributed by atoms with Crippen molar-refractivity contribution in [1.29, 1.82) is 0 Å². The minimum atomic E-state index is -1.22. The van der Waals surface area contributed by atoms with Gasteiger partial charge in [0.25, 0.3) is 0 Å². The van der Waals surface area contributed by atoms with Gasteiger partial charge in [-0.05, 0) is 36.4 Å². The molecule has 0 radical (unpaired) electrons. The molecule has 0 heterocycles. The molecule has 3 aromatic carbocycles. The second kappa shape index (κ2) is 14.3. The van der Waals surface area contributed by atoms with E-state index in [1.54, 1.807) is 12.1 Å². The van der Waals surface area contributed by atoms with Gasteiger partial charge in [0, 0.05) is 18.2 Å². The Kier molecular flexibility index (Phi) is 10.6. The molecule has 12 heteroatoms. The highest BCUT2D eigenvalue weighted by Crippen LogP contribution is 2.25. The third-order valence-corrected chi connectivity index (χ3v) is 5.61. The van der Waals surface area contributed by atoms with Gasteiger partial charge in [0.1, 0.15) is 47.7 Å². The SMILES string of the molecule is COc1cc(O)cc(C(=O)OCC(COC(=O)c2cc(OC)cc(OC)c2)OC(=O)c2cc(OC)cc(OC)c2)c1. The molecular formula is C29H30O12. The van der Waals surface area contributed by atoms with Crippen LogP contribution in [0.1, 0.15) is 31.1 Å². The summed E-state index contributed by atoms with van der Waals surface area (Å²) in [4.78, 5) is 38.5. The number of carbonyl (C=O) groups is 3. The van der Waals surface area contributed by atoms with E-state index in [1.165, 1.54) is 78.0 Å². The fourth-order valence-electron chi connectivity index (χ4n) is 3.51. The molecule has 0 bridgehead atoms. The summed E-state index contributed by atoms with van der Waals surface area (Å²) in [5, 5.41) is 9.86. The van der Waals surface area contributed by atoms with Gasteiger partial charge in [-0.2, -0.15) is 0 Å². The van der Waals surface area contributed by atoms with Crippen LogP contribution in [0.5, 0.6) is 34.5 Å². The molecule has 218 valence electrons. The number of phenols is 1. The van der Waals surface area contributed by atoms with Crippen LogP contribution in [0.25, 0.3) is 0 Å². The van der Waals surface area contributed by atoms with Gasteiger partial charge in [0.15, 0.2) is 6.10 Å². The van der Waals surface area contributed by atoms with Crippen LogP contribution in [0.4, 0.5) is 0 Å². The van der Waals surface area contributed by atoms with E-state index in [-0.39, 0.29) is 28.2 Å². The molecular weight excluding hydrogens is 540 g/mol. The zero-order valence-electron chi connectivity index (χ0n) is 23.1. The molecule has 3 rings (SSSR count). The Morgan fingerprint density at radius 1 is 0.537 bits per heavy atom. The first-order chi connectivity index (χ1) is 19.7. The lowest BCUT2D eigenvalue weighted by molar-refractivity contribution is -0.0254. The molecule has 1 unspecified atom stereocenters. The van der Waals surface area contributed by atoms with Gasteiger partial charge in [-0.15, -0.1) is 0 Å². The van der Waals surface area contributed by atoms with E-state index < -0.39 is 37.2 Å². The highest BCUT2D eigenvalue weighted by molar-refractivity contribution is 5.92. The van der Waals surface area contributed by atoms with Crippen LogP contribution in [-0.2, 0) is 14.2 Å². The summed E-state index contributed by atoms with van der Waals surface area (Å²) in [7, 11) is 7.09. The first-order valence-corrected chi connectivity index (χ1v) is 12.1. The number of carbonyl (C=O) groups excluding carboxylic acids is 3. The van der Waals surface area contributed by atoms with E-state index in [2.05, 4.69) is 0 Å². The Morgan fingerprint density at radius 3 is 1.27 bits per heavy atom. The predicted octanol–water partition coefficient (Wildman–Crippen LogP) is 3.67. The summed E-state index contributed by atoms with van der Waals surface area (Å²) in [5.41, 5.74) is 0.191. The van der Waals surface area contributed by atoms with Crippen molar-refractivity contribution < 1.29 is 57.4 Å². The van der Waals surface area contributed by atoms with Crippen molar-refractivity contribution in [2.24, 2.45) is 0 Å². The van der Waals surface area contributed by atoms with Crippen molar-refractivity contribution in [2.45, 2.75) is 6.10 Å². The molecule has 3 aromatic rings. The predicted molar refractivity (Wildman–Crippen MR) is 144 cm³/mol. The Labute approximate surface area is 236 Å². The number of rotatable bonds is 13. The fraction of sp³-hybridized carbons (Fsp3) is 0.276. The summed E-state index contributed by atoms with van der Waals surface area (Å²) >= 11 is 0. The van der Waals surface area contributed by atoms with Gasteiger partial charge in [0.2, 0.25) is 0 Å². The standard InChI is InChI=1S/C29H30O12/c1-34-21-7-17(6-20(30)12-21)27(31)39-15-26(41-29(33)19-10-24(37-4)14-25(11-19)38-5)16-40-28(32)18-8-22(35-2)13-23(9-18)36-3/h6-14,26,30H,15-16H2,1-5H3. The Bertz CT molecular complexity index is 1340. The van der Waals surface area contributed by atoms with Crippen molar-refractivity contribution in [2.75, 3.05) is 48.8 Å². The Morgan fingerprint density at radius 2 is 0.878 bits per heavy atom. The molecule has 0 fully saturated rings. The monoisotopic (exact) mass is 570 g/mol. The molecule has 0 spiro atoms. The number of aromatic hydroxyl groups is 1. The lowest BCUT2D eigenvalue weighted by Crippen LogP contribution is -2.31. The van der Waals surface area contributed by atoms with Gasteiger partial charge in [-0.3, -0.25) is 0 Å². The van der Waals surface area contributed by atoms with Crippen LogP contribution in [0.15, 0.2) is 54.6 Å². The van der Waals surface area contributed by atoms with Crippen LogP contribution in [0.3, 0.4) is 0 Å². The molecule has 12 nitrogen and oxygen atoms in total. The molecule has 0 aliphatic carbocycles. The number of esters is 3. The Balaban J connectivity index is 1.80. The van der Waals surface area contributed by atoms with Gasteiger partial charge in [-0.1, -0.05) is 0 Å². The summed E-state index contributed by atoms with van der Waals surface area (Å²) in [6.07, 6.45) is -1.22. The first kappa shape index (κ1) is 30.4. The number of methoxy groups -OCH3 is 5. The van der Waals surface area contributed by atoms with Crippen molar-refractivity contribution in [3.63, 3.8) is 0 Å². The number of phenolic OH excluding ortho intramolecular Hbond substituents is 1. The van der Waals surface area contributed by atoms with E-state index in [0.29, 0.717) is 23.0 Å². The summed E-state index contributed by atoms with van der Waals surface area (Å²) in [5.74, 6) is -0.998. The van der Waals surface area contributed by atoms with Crippen molar-refractivity contribution in [1.82, 2.24) is 0 Å². The zero-order chi connectivity index (χ0) is 29.9. The second-order valence-corrected chi connectivity index (χ2v) is 8.35. The van der Waals surface area contributed by atoms with E-state index >= 15 is 0 Å². The maximum atomic E-state index is 13.0. The average molecular weight is 571 g/mol. The van der Waals surface area contributed by atoms with E-state index in [0.717, 1.165) is 0 Å². The third kappa shape index (κ3) is 8.43. The van der Waals surface area contributed by atoms with E-state index in [1.807, 2.05) is 0 Å². The maximum absolute atomic E-state index is 13.0. The van der Waals surface area contributed by atoms with Gasteiger partial charge in [-0.25, -0.2) is 14.4 Å². The van der Waals surface area contributed by atoms with Gasteiger partial charge >= 0.3 is 17.9 Å². The zero-order valence-corrected chi connectivity index (χ0v) is 23.1. The quantitative estimate of drug-likeness (QED) is 0.236. The number of ether oxygens (including phenoxy) is 8. The normalized spacial score (nSPS) is 11.0. The first-order valence-electron chi connectivity index (χ1n) is 12.1. The van der Waals surface area contributed by atoms with Gasteiger partial charge in [0.05, 0.1) is 52.2 Å². The highest BCUT2D eigenvalue weighted by atomic mass is 16.6. The molecule has 0 amide bonds. The van der Waals surface area contributed by atoms with Crippen LogP contribution in [0.2, 0.25) is 0 Å². The van der Waals surface area contributed by atoms with Crippen LogP contribution in [-0.4, -0.2) is 77.9 Å². The van der Waals surface area contributed by atoms with Crippen molar-refractivity contribution in [3.05, 3.63) is 71.3 Å². The highest BCUT2D eigenvalue weighted by Gasteiger charge is 2.23. The average Bonchev–Trinajstić information content (AvgIpc) is 3.00. The topological polar surface area (TPSA) is 145 Å². The van der Waals surface area contributed by atoms with E-state index in [4.69, 9.17) is 37.9 Å². The molecule has 0 aliphatic heterocycles. The molecule has 0 saturated heterocycles. The molecule has 0 aliphatic rings. The van der Waals surface area contributed by atoms with Crippen molar-refractivity contribution >= 4 is 17.9 Å². The lowest BCUT2D eigenvalue weighted by Gasteiger charge is -2.19. The summed E-state index contributed by atoms with van der Waals surface area (Å²) in [6.45, 7) is -0.958. The van der Waals surface area contributed by atoms with Crippen LogP contribution in [0, 0.1) is 0 Å². The number of hydrogen-bond acceptors (Lipinski definition) is 12. The number of hydrogen-bond donors (Lipinski definition) is 1. The minimum Gasteiger partial charge on any atom is -0.508 e. The third-order valence-electron chi connectivity index (χ3n) is 5.61. The largest absolute Gasteiger partial charge is 0.508 e. The summed E-state index contributed by atoms with van der Waals surface area (Å²) in [6, 6.07) is 12.8. The molecule has 41 heavy (non-hydrogen) atoms. The molecule has 0 aromatic heterocycles. The van der Waals surface area contributed by atoms with Gasteiger partial charge < -0.3 is 43.0 Å². The fourth-order valence-corrected chi connectivity index (χ4v) is 3.51. The van der Waals surface area contributed by atoms with Crippen LogP contribution < -0.4 is 23.7 Å². The van der Waals surface area contributed by atoms with E-state index in [9.17, 15) is 19.5 Å². The van der Waals surface area contributed by atoms with Crippen molar-refractivity contribution in [3.8, 4) is 34.5 Å². The summed E-state index contributed by atoms with van der Waals surface area (Å²) < 4.78 is 42.1. The molecule has 1 N–H and O–H groups in total. The second-order valence-electron chi connectivity index (χ2n) is 8.35.